The molecule has 0 radical (unpaired) electrons. The molecule has 1 aliphatic rings. The first-order chi connectivity index (χ1) is 7.52. The fourth-order valence-corrected chi connectivity index (χ4v) is 1.81. The van der Waals surface area contributed by atoms with Crippen LogP contribution in [0.3, 0.4) is 0 Å². The number of nitrogens with zero attached hydrogens (tertiary/aromatic N) is 2. The minimum absolute atomic E-state index is 0.298. The standard InChI is InChI=1S/C11H9BrN2O2/c1-6-7(2)11(16)14(10(6)15)9-5-3-4-8(12)13-9/h3-5H,1-2H3. The van der Waals surface area contributed by atoms with E-state index in [4.69, 9.17) is 0 Å². The lowest BCUT2D eigenvalue weighted by Gasteiger charge is -2.13. The lowest BCUT2D eigenvalue weighted by Crippen LogP contribution is -2.32. The number of aromatic nitrogens is 1. The van der Waals surface area contributed by atoms with Gasteiger partial charge in [0.1, 0.15) is 10.4 Å². The number of amides is 2. The average molecular weight is 281 g/mol. The van der Waals surface area contributed by atoms with Crippen molar-refractivity contribution in [2.45, 2.75) is 13.8 Å². The third-order valence-electron chi connectivity index (χ3n) is 2.54. The second kappa shape index (κ2) is 3.83. The van der Waals surface area contributed by atoms with E-state index in [1.807, 2.05) is 0 Å². The van der Waals surface area contributed by atoms with Gasteiger partial charge in [0.15, 0.2) is 0 Å². The monoisotopic (exact) mass is 280 g/mol. The summed E-state index contributed by atoms with van der Waals surface area (Å²) in [5, 5.41) is 0. The van der Waals surface area contributed by atoms with Crippen LogP contribution in [0.15, 0.2) is 33.9 Å². The molecule has 4 nitrogen and oxygen atoms in total. The lowest BCUT2D eigenvalue weighted by molar-refractivity contribution is -0.120. The Balaban J connectivity index is 2.46. The normalized spacial score (nSPS) is 16.3. The maximum Gasteiger partial charge on any atom is 0.262 e. The van der Waals surface area contributed by atoms with Crippen molar-refractivity contribution in [2.24, 2.45) is 0 Å². The highest BCUT2D eigenvalue weighted by molar-refractivity contribution is 9.10. The van der Waals surface area contributed by atoms with E-state index < -0.39 is 0 Å². The van der Waals surface area contributed by atoms with Crippen LogP contribution in [-0.4, -0.2) is 16.8 Å². The van der Waals surface area contributed by atoms with E-state index in [9.17, 15) is 9.59 Å². The molecule has 0 saturated heterocycles. The zero-order valence-corrected chi connectivity index (χ0v) is 10.4. The highest BCUT2D eigenvalue weighted by Gasteiger charge is 2.35. The molecule has 0 spiro atoms. The van der Waals surface area contributed by atoms with Crippen molar-refractivity contribution in [1.29, 1.82) is 0 Å². The molecule has 0 unspecified atom stereocenters. The summed E-state index contributed by atoms with van der Waals surface area (Å²) in [6, 6.07) is 5.10. The van der Waals surface area contributed by atoms with Gasteiger partial charge < -0.3 is 0 Å². The molecule has 0 aromatic carbocycles. The Labute approximate surface area is 101 Å². The first kappa shape index (κ1) is 11.0. The summed E-state index contributed by atoms with van der Waals surface area (Å²) in [7, 11) is 0. The lowest BCUT2D eigenvalue weighted by atomic mass is 10.2. The number of imide groups is 1. The van der Waals surface area contributed by atoms with Gasteiger partial charge in [-0.05, 0) is 41.9 Å². The van der Waals surface area contributed by atoms with Crippen LogP contribution in [0.25, 0.3) is 0 Å². The van der Waals surface area contributed by atoms with E-state index in [0.717, 1.165) is 4.90 Å². The zero-order valence-electron chi connectivity index (χ0n) is 8.82. The Hall–Kier alpha value is -1.49. The Morgan fingerprint density at radius 1 is 1.12 bits per heavy atom. The number of carbonyl (C=O) groups excluding carboxylic acids is 2. The molecule has 16 heavy (non-hydrogen) atoms. The first-order valence-electron chi connectivity index (χ1n) is 4.71. The SMILES string of the molecule is CC1=C(C)C(=O)N(c2cccc(Br)n2)C1=O. The molecule has 1 aromatic rings. The van der Waals surface area contributed by atoms with Crippen LogP contribution >= 0.6 is 15.9 Å². The van der Waals surface area contributed by atoms with E-state index in [-0.39, 0.29) is 11.8 Å². The number of hydrogen-bond donors (Lipinski definition) is 0. The molecule has 82 valence electrons. The topological polar surface area (TPSA) is 50.3 Å². The zero-order chi connectivity index (χ0) is 11.9. The van der Waals surface area contributed by atoms with Gasteiger partial charge >= 0.3 is 0 Å². The van der Waals surface area contributed by atoms with Crippen LogP contribution in [0.2, 0.25) is 0 Å². The van der Waals surface area contributed by atoms with Crippen molar-refractivity contribution in [3.05, 3.63) is 33.9 Å². The fourth-order valence-electron chi connectivity index (χ4n) is 1.48. The maximum absolute atomic E-state index is 11.8. The van der Waals surface area contributed by atoms with Crippen molar-refractivity contribution >= 4 is 33.6 Å². The van der Waals surface area contributed by atoms with Crippen molar-refractivity contribution in [3.8, 4) is 0 Å². The van der Waals surface area contributed by atoms with E-state index >= 15 is 0 Å². The highest BCUT2D eigenvalue weighted by atomic mass is 79.9. The van der Waals surface area contributed by atoms with Gasteiger partial charge in [0.05, 0.1) is 0 Å². The average Bonchev–Trinajstić information content (AvgIpc) is 2.44. The summed E-state index contributed by atoms with van der Waals surface area (Å²) in [4.78, 5) is 28.9. The van der Waals surface area contributed by atoms with Crippen molar-refractivity contribution in [3.63, 3.8) is 0 Å². The van der Waals surface area contributed by atoms with Gasteiger partial charge in [0.25, 0.3) is 11.8 Å². The molecule has 0 aliphatic carbocycles. The fraction of sp³-hybridized carbons (Fsp3) is 0.182. The molecular formula is C11H9BrN2O2. The van der Waals surface area contributed by atoms with Gasteiger partial charge in [-0.25, -0.2) is 9.88 Å². The summed E-state index contributed by atoms with van der Waals surface area (Å²) in [6.07, 6.45) is 0. The summed E-state index contributed by atoms with van der Waals surface area (Å²) in [5.74, 6) is -0.248. The third kappa shape index (κ3) is 1.57. The van der Waals surface area contributed by atoms with Crippen LogP contribution in [0, 0.1) is 0 Å². The van der Waals surface area contributed by atoms with E-state index in [0.29, 0.717) is 21.6 Å². The van der Waals surface area contributed by atoms with Crippen molar-refractivity contribution in [1.82, 2.24) is 4.98 Å². The van der Waals surface area contributed by atoms with Gasteiger partial charge in [-0.15, -0.1) is 0 Å². The molecule has 5 heteroatoms. The van der Waals surface area contributed by atoms with Crippen molar-refractivity contribution in [2.75, 3.05) is 4.90 Å². The second-order valence-electron chi connectivity index (χ2n) is 3.51. The van der Waals surface area contributed by atoms with Crippen molar-refractivity contribution < 1.29 is 9.59 Å². The molecule has 2 rings (SSSR count). The maximum atomic E-state index is 11.8. The van der Waals surface area contributed by atoms with Gasteiger partial charge in [0, 0.05) is 11.1 Å². The Morgan fingerprint density at radius 2 is 1.69 bits per heavy atom. The van der Waals surface area contributed by atoms with Gasteiger partial charge in [-0.2, -0.15) is 0 Å². The first-order valence-corrected chi connectivity index (χ1v) is 5.50. The highest BCUT2D eigenvalue weighted by Crippen LogP contribution is 2.25. The molecule has 1 aliphatic heterocycles. The number of hydrogen-bond acceptors (Lipinski definition) is 3. The summed E-state index contributed by atoms with van der Waals surface area (Å²) in [6.45, 7) is 3.29. The third-order valence-corrected chi connectivity index (χ3v) is 2.98. The predicted molar refractivity (Wildman–Crippen MR) is 62.8 cm³/mol. The molecule has 1 aromatic heterocycles. The Morgan fingerprint density at radius 3 is 2.19 bits per heavy atom. The van der Waals surface area contributed by atoms with Gasteiger partial charge in [-0.3, -0.25) is 9.59 Å². The molecule has 0 N–H and O–H groups in total. The quantitative estimate of drug-likeness (QED) is 0.584. The molecule has 2 heterocycles. The summed E-state index contributed by atoms with van der Waals surface area (Å²) < 4.78 is 0.591. The van der Waals surface area contributed by atoms with Crippen LogP contribution in [0.5, 0.6) is 0 Å². The minimum Gasteiger partial charge on any atom is -0.269 e. The summed E-state index contributed by atoms with van der Waals surface area (Å²) in [5.41, 5.74) is 0.957. The molecule has 0 bridgehead atoms. The second-order valence-corrected chi connectivity index (χ2v) is 4.33. The Kier molecular flexibility index (Phi) is 2.63. The van der Waals surface area contributed by atoms with E-state index in [1.165, 1.54) is 0 Å². The minimum atomic E-state index is -0.298. The van der Waals surface area contributed by atoms with E-state index in [1.54, 1.807) is 32.0 Å². The molecule has 0 fully saturated rings. The summed E-state index contributed by atoms with van der Waals surface area (Å²) >= 11 is 3.21. The molecule has 0 saturated carbocycles. The smallest absolute Gasteiger partial charge is 0.262 e. The number of pyridine rings is 1. The van der Waals surface area contributed by atoms with E-state index in [2.05, 4.69) is 20.9 Å². The van der Waals surface area contributed by atoms with Crippen LogP contribution < -0.4 is 4.90 Å². The number of rotatable bonds is 1. The van der Waals surface area contributed by atoms with Crippen LogP contribution in [-0.2, 0) is 9.59 Å². The molecule has 0 atom stereocenters. The molecule has 2 amide bonds. The number of halogens is 1. The number of carbonyl (C=O) groups is 2. The largest absolute Gasteiger partial charge is 0.269 e. The van der Waals surface area contributed by atoms with Gasteiger partial charge in [-0.1, -0.05) is 6.07 Å². The Bertz CT molecular complexity index is 498. The van der Waals surface area contributed by atoms with Crippen LogP contribution in [0.1, 0.15) is 13.8 Å². The molecular weight excluding hydrogens is 272 g/mol. The number of anilines is 1. The van der Waals surface area contributed by atoms with Crippen LogP contribution in [0.4, 0.5) is 5.82 Å². The predicted octanol–water partition coefficient (Wildman–Crippen LogP) is 2.05. The van der Waals surface area contributed by atoms with Gasteiger partial charge in [0.2, 0.25) is 0 Å².